The Balaban J connectivity index is 2.60. The zero-order chi connectivity index (χ0) is 16.4. The molecule has 0 spiro atoms. The third kappa shape index (κ3) is 4.81. The molecule has 8 heteroatoms. The van der Waals surface area contributed by atoms with Crippen LogP contribution in [-0.4, -0.2) is 12.0 Å². The van der Waals surface area contributed by atoms with Crippen LogP contribution in [-0.2, 0) is 0 Å². The van der Waals surface area contributed by atoms with E-state index in [-0.39, 0.29) is 0 Å². The highest BCUT2D eigenvalue weighted by atomic mass is 35.8. The molecule has 0 N–H and O–H groups in total. The van der Waals surface area contributed by atoms with Crippen molar-refractivity contribution in [3.8, 4) is 0 Å². The van der Waals surface area contributed by atoms with Crippen molar-refractivity contribution in [2.75, 3.05) is 0 Å². The van der Waals surface area contributed by atoms with E-state index in [9.17, 15) is 0 Å². The summed E-state index contributed by atoms with van der Waals surface area (Å²) in [5.74, 6) is 0. The molecule has 2 aromatic carbocycles. The molecule has 0 aliphatic heterocycles. The van der Waals surface area contributed by atoms with Gasteiger partial charge in [-0.05, 0) is 11.1 Å². The molecule has 2 rings (SSSR count). The van der Waals surface area contributed by atoms with Crippen molar-refractivity contribution in [3.63, 3.8) is 0 Å². The molecule has 0 unspecified atom stereocenters. The van der Waals surface area contributed by atoms with Crippen molar-refractivity contribution in [1.82, 2.24) is 0 Å². The highest BCUT2D eigenvalue weighted by Crippen LogP contribution is 2.52. The highest BCUT2D eigenvalue weighted by molar-refractivity contribution is 7.67. The van der Waals surface area contributed by atoms with Gasteiger partial charge in [0.15, 0.2) is 0 Å². The van der Waals surface area contributed by atoms with Gasteiger partial charge in [-0.25, -0.2) is 0 Å². The number of hydrogen-bond acceptors (Lipinski definition) is 0. The van der Waals surface area contributed by atoms with Crippen LogP contribution < -0.4 is 0 Å². The highest BCUT2D eigenvalue weighted by Gasteiger charge is 2.52. The van der Waals surface area contributed by atoms with Crippen molar-refractivity contribution in [2.24, 2.45) is 0 Å². The molecule has 0 amide bonds. The van der Waals surface area contributed by atoms with Gasteiger partial charge in [0, 0.05) is 11.1 Å². The summed E-state index contributed by atoms with van der Waals surface area (Å²) in [6.07, 6.45) is 0. The fourth-order valence-corrected chi connectivity index (χ4v) is 12.7. The monoisotopic (exact) mass is 446 g/mol. The van der Waals surface area contributed by atoms with Gasteiger partial charge in [0.05, 0.1) is 0 Å². The topological polar surface area (TPSA) is 0 Å². The first-order chi connectivity index (χ1) is 10.2. The minimum atomic E-state index is -3.19. The molecular formula is C14H12Cl6Si2. The molecular weight excluding hydrogens is 437 g/mol. The lowest BCUT2D eigenvalue weighted by Crippen LogP contribution is -2.38. The van der Waals surface area contributed by atoms with Gasteiger partial charge >= 0.3 is 12.0 Å². The second kappa shape index (κ2) is 7.67. The minimum Gasteiger partial charge on any atom is -0.125 e. The van der Waals surface area contributed by atoms with E-state index in [1.54, 1.807) is 0 Å². The van der Waals surface area contributed by atoms with Crippen LogP contribution in [0.5, 0.6) is 0 Å². The van der Waals surface area contributed by atoms with Crippen LogP contribution in [0, 0.1) is 0 Å². The average Bonchev–Trinajstić information content (AvgIpc) is 2.44. The van der Waals surface area contributed by atoms with Gasteiger partial charge in [0.1, 0.15) is 0 Å². The van der Waals surface area contributed by atoms with Crippen LogP contribution in [0.3, 0.4) is 0 Å². The third-order valence-corrected chi connectivity index (χ3v) is 10.7. The molecule has 0 radical (unpaired) electrons. The smallest absolute Gasteiger partial charge is 0.125 e. The molecule has 0 aliphatic rings. The lowest BCUT2D eigenvalue weighted by molar-refractivity contribution is 0.858. The standard InChI is InChI=1S/C14H12Cl6Si2/c15-21(16,17)13(11-7-3-1-4-8-11)14(22(18,19)20)12-9-5-2-6-10-12/h1-10,13-14H/t13-,14+. The molecule has 2 aromatic rings. The minimum absolute atomic E-state index is 0.416. The summed E-state index contributed by atoms with van der Waals surface area (Å²) >= 11 is 38.4. The molecule has 0 bridgehead atoms. The van der Waals surface area contributed by atoms with E-state index >= 15 is 0 Å². The molecule has 0 nitrogen and oxygen atoms in total. The zero-order valence-corrected chi connectivity index (χ0v) is 17.7. The van der Waals surface area contributed by atoms with E-state index < -0.39 is 23.1 Å². The van der Waals surface area contributed by atoms with Gasteiger partial charge in [0.25, 0.3) is 0 Å². The van der Waals surface area contributed by atoms with Gasteiger partial charge in [-0.15, -0.1) is 66.5 Å². The van der Waals surface area contributed by atoms with Crippen LogP contribution in [0.4, 0.5) is 0 Å². The number of benzene rings is 2. The fraction of sp³-hybridized carbons (Fsp3) is 0.143. The Kier molecular flexibility index (Phi) is 6.60. The quantitative estimate of drug-likeness (QED) is 0.343. The Morgan fingerprint density at radius 2 is 0.773 bits per heavy atom. The Morgan fingerprint density at radius 3 is 1.00 bits per heavy atom. The van der Waals surface area contributed by atoms with E-state index in [4.69, 9.17) is 66.5 Å². The maximum atomic E-state index is 6.40. The summed E-state index contributed by atoms with van der Waals surface area (Å²) in [6.45, 7) is 0. The van der Waals surface area contributed by atoms with Gasteiger partial charge in [-0.2, -0.15) is 0 Å². The van der Waals surface area contributed by atoms with Gasteiger partial charge in [-0.1, -0.05) is 60.7 Å². The molecule has 0 fully saturated rings. The van der Waals surface area contributed by atoms with Gasteiger partial charge < -0.3 is 0 Å². The lowest BCUT2D eigenvalue weighted by Gasteiger charge is -2.34. The number of hydrogen-bond donors (Lipinski definition) is 0. The Hall–Kier alpha value is 0.614. The normalized spacial score (nSPS) is 15.4. The molecule has 0 saturated carbocycles. The van der Waals surface area contributed by atoms with Crippen molar-refractivity contribution in [3.05, 3.63) is 71.8 Å². The molecule has 0 aliphatic carbocycles. The van der Waals surface area contributed by atoms with Crippen LogP contribution >= 0.6 is 66.5 Å². The summed E-state index contributed by atoms with van der Waals surface area (Å²) in [5, 5.41) is 0. The average molecular weight is 449 g/mol. The molecule has 118 valence electrons. The van der Waals surface area contributed by atoms with Crippen LogP contribution in [0.2, 0.25) is 0 Å². The molecule has 0 aromatic heterocycles. The summed E-state index contributed by atoms with van der Waals surface area (Å²) in [4.78, 5) is 0. The van der Waals surface area contributed by atoms with E-state index in [1.807, 2.05) is 60.7 Å². The maximum absolute atomic E-state index is 6.40. The first kappa shape index (κ1) is 18.9. The Morgan fingerprint density at radius 1 is 0.500 bits per heavy atom. The molecule has 22 heavy (non-hydrogen) atoms. The Labute approximate surface area is 160 Å². The second-order valence-electron chi connectivity index (χ2n) is 4.86. The van der Waals surface area contributed by atoms with Crippen LogP contribution in [0.15, 0.2) is 60.7 Å². The SMILES string of the molecule is Cl[Si](Cl)(Cl)[C@H](c1ccccc1)[C@H](c1ccccc1)[Si](Cl)(Cl)Cl. The predicted molar refractivity (Wildman–Crippen MR) is 105 cm³/mol. The summed E-state index contributed by atoms with van der Waals surface area (Å²) in [6, 6.07) is 12.7. The van der Waals surface area contributed by atoms with Crippen molar-refractivity contribution >= 4 is 78.5 Å². The molecule has 2 atom stereocenters. The largest absolute Gasteiger partial charge is 0.348 e. The summed E-state index contributed by atoms with van der Waals surface area (Å²) in [5.41, 5.74) is 0.948. The third-order valence-electron chi connectivity index (χ3n) is 3.36. The molecule has 0 saturated heterocycles. The van der Waals surface area contributed by atoms with E-state index in [0.717, 1.165) is 11.1 Å². The van der Waals surface area contributed by atoms with Gasteiger partial charge in [-0.3, -0.25) is 0 Å². The Bertz CT molecular complexity index is 539. The maximum Gasteiger partial charge on any atom is 0.348 e. The molecule has 0 heterocycles. The van der Waals surface area contributed by atoms with E-state index in [1.165, 1.54) is 0 Å². The predicted octanol–water partition coefficient (Wildman–Crippen LogP) is 6.94. The second-order valence-corrected chi connectivity index (χ2v) is 22.5. The fourth-order valence-electron chi connectivity index (χ4n) is 2.46. The lowest BCUT2D eigenvalue weighted by atomic mass is 10.0. The van der Waals surface area contributed by atoms with E-state index in [2.05, 4.69) is 0 Å². The van der Waals surface area contributed by atoms with Crippen molar-refractivity contribution < 1.29 is 0 Å². The van der Waals surface area contributed by atoms with Gasteiger partial charge in [0.2, 0.25) is 0 Å². The zero-order valence-electron chi connectivity index (χ0n) is 11.2. The van der Waals surface area contributed by atoms with Crippen molar-refractivity contribution in [1.29, 1.82) is 0 Å². The first-order valence-electron chi connectivity index (χ1n) is 6.44. The first-order valence-corrected chi connectivity index (χ1v) is 16.7. The van der Waals surface area contributed by atoms with Crippen LogP contribution in [0.25, 0.3) is 0 Å². The summed E-state index contributed by atoms with van der Waals surface area (Å²) < 4.78 is 0. The number of halogens is 6. The summed E-state index contributed by atoms with van der Waals surface area (Å²) in [7, 11) is 0. The van der Waals surface area contributed by atoms with Crippen LogP contribution in [0.1, 0.15) is 22.2 Å². The number of rotatable bonds is 5. The van der Waals surface area contributed by atoms with Crippen molar-refractivity contribution in [2.45, 2.75) is 11.1 Å². The van der Waals surface area contributed by atoms with E-state index in [0.29, 0.717) is 0 Å².